The molecule has 2 aliphatic rings. The molecule has 0 bridgehead atoms. The molecule has 3 aromatic carbocycles. The van der Waals surface area contributed by atoms with Crippen LogP contribution in [0.3, 0.4) is 0 Å². The molecule has 0 aromatic heterocycles. The molecule has 0 radical (unpaired) electrons. The third kappa shape index (κ3) is 6.13. The van der Waals surface area contributed by atoms with Crippen LogP contribution in [-0.4, -0.2) is 36.6 Å². The zero-order valence-corrected chi connectivity index (χ0v) is 23.3. The number of aliphatic hydroxyl groups is 1. The maximum atomic E-state index is 13.4. The Morgan fingerprint density at radius 2 is 1.66 bits per heavy atom. The summed E-state index contributed by atoms with van der Waals surface area (Å²) in [4.78, 5) is 26.8. The van der Waals surface area contributed by atoms with Gasteiger partial charge < -0.3 is 9.84 Å². The van der Waals surface area contributed by atoms with Crippen LogP contribution >= 0.6 is 0 Å². The maximum Gasteiger partial charge on any atom is 0.339 e. The summed E-state index contributed by atoms with van der Waals surface area (Å²) in [7, 11) is -3.95. The minimum atomic E-state index is -3.95. The minimum absolute atomic E-state index is 0.000670. The molecule has 9 nitrogen and oxygen atoms in total. The van der Waals surface area contributed by atoms with E-state index >= 15 is 0 Å². The predicted molar refractivity (Wildman–Crippen MR) is 153 cm³/mol. The van der Waals surface area contributed by atoms with Gasteiger partial charge in [0, 0.05) is 17.5 Å². The molecule has 1 saturated carbocycles. The highest BCUT2D eigenvalue weighted by atomic mass is 32.2. The third-order valence-electron chi connectivity index (χ3n) is 7.69. The summed E-state index contributed by atoms with van der Waals surface area (Å²) in [5.41, 5.74) is 4.08. The second-order valence-corrected chi connectivity index (χ2v) is 12.2. The molecule has 0 saturated heterocycles. The largest absolute Gasteiger partial charge is 0.504 e. The molecule has 0 spiro atoms. The number of benzene rings is 3. The van der Waals surface area contributed by atoms with E-state index in [-0.39, 0.29) is 28.0 Å². The van der Waals surface area contributed by atoms with Crippen LogP contribution in [0.2, 0.25) is 0 Å². The summed E-state index contributed by atoms with van der Waals surface area (Å²) < 4.78 is 34.2. The fourth-order valence-electron chi connectivity index (χ4n) is 5.39. The van der Waals surface area contributed by atoms with Crippen LogP contribution in [0.15, 0.2) is 95.1 Å². The number of anilines is 2. The molecule has 10 heteroatoms. The first kappa shape index (κ1) is 28.4. The van der Waals surface area contributed by atoms with Crippen LogP contribution < -0.4 is 10.2 Å². The normalized spacial score (nSPS) is 18.9. The molecule has 1 aliphatic heterocycles. The lowest BCUT2D eigenvalue weighted by atomic mass is 9.81. The predicted octanol–water partition coefficient (Wildman–Crippen LogP) is 5.36. The molecule has 3 aromatic rings. The summed E-state index contributed by atoms with van der Waals surface area (Å²) in [6, 6.07) is 21.8. The summed E-state index contributed by atoms with van der Waals surface area (Å²) in [5, 5.41) is 20.1. The molecule has 4 N–H and O–H groups in total. The van der Waals surface area contributed by atoms with Crippen molar-refractivity contribution in [1.29, 1.82) is 0 Å². The molecule has 3 unspecified atom stereocenters. The van der Waals surface area contributed by atoms with Crippen LogP contribution in [0.5, 0.6) is 0 Å². The van der Waals surface area contributed by atoms with Crippen molar-refractivity contribution in [1.82, 2.24) is 0 Å². The molecule has 1 aliphatic carbocycles. The van der Waals surface area contributed by atoms with Gasteiger partial charge in [0.15, 0.2) is 11.9 Å². The van der Waals surface area contributed by atoms with E-state index in [0.29, 0.717) is 24.1 Å². The van der Waals surface area contributed by atoms with Crippen molar-refractivity contribution in [2.75, 3.05) is 10.2 Å². The van der Waals surface area contributed by atoms with Gasteiger partial charge in [0.05, 0.1) is 16.2 Å². The van der Waals surface area contributed by atoms with Crippen molar-refractivity contribution in [3.05, 3.63) is 101 Å². The van der Waals surface area contributed by atoms with Crippen molar-refractivity contribution in [2.45, 2.75) is 49.5 Å². The average Bonchev–Trinajstić information content (AvgIpc) is 3.82. The summed E-state index contributed by atoms with van der Waals surface area (Å²) >= 11 is 0. The Morgan fingerprint density at radius 1 is 0.951 bits per heavy atom. The number of cyclic esters (lactones) is 1. The van der Waals surface area contributed by atoms with Crippen molar-refractivity contribution in [3.8, 4) is 0 Å². The lowest BCUT2D eigenvalue weighted by Crippen LogP contribution is -2.42. The topological polar surface area (TPSA) is 142 Å². The number of ether oxygens (including phenoxy) is 1. The Balaban J connectivity index is 1.42. The number of sulfonamides is 1. The second-order valence-electron chi connectivity index (χ2n) is 10.5. The van der Waals surface area contributed by atoms with Gasteiger partial charge in [-0.2, -0.15) is 0 Å². The fourth-order valence-corrected chi connectivity index (χ4v) is 6.44. The van der Waals surface area contributed by atoms with Gasteiger partial charge >= 0.3 is 5.97 Å². The molecule has 1 heterocycles. The lowest BCUT2D eigenvalue weighted by molar-refractivity contribution is -0.158. The first-order valence-corrected chi connectivity index (χ1v) is 15.0. The van der Waals surface area contributed by atoms with Gasteiger partial charge in [-0.3, -0.25) is 20.2 Å². The van der Waals surface area contributed by atoms with E-state index in [4.69, 9.17) is 9.94 Å². The van der Waals surface area contributed by atoms with Crippen LogP contribution in [0, 0.1) is 11.8 Å². The Labute approximate surface area is 238 Å². The van der Waals surface area contributed by atoms with Crippen LogP contribution in [0.1, 0.15) is 43.2 Å². The molecule has 5 rings (SSSR count). The monoisotopic (exact) mass is 576 g/mol. The number of Topliss-reactive ketones (excluding diaryl/α,β-unsaturated/α-hetero) is 1. The number of esters is 1. The van der Waals surface area contributed by atoms with Crippen LogP contribution in [0.4, 0.5) is 11.4 Å². The molecular weight excluding hydrogens is 544 g/mol. The van der Waals surface area contributed by atoms with E-state index < -0.39 is 39.6 Å². The first-order valence-electron chi connectivity index (χ1n) is 13.6. The zero-order valence-electron chi connectivity index (χ0n) is 22.5. The number of carbonyl (C=O) groups excluding carboxylic acids is 2. The Kier molecular flexibility index (Phi) is 8.14. The minimum Gasteiger partial charge on any atom is -0.504 e. The highest BCUT2D eigenvalue weighted by molar-refractivity contribution is 7.92. The highest BCUT2D eigenvalue weighted by Gasteiger charge is 2.47. The van der Waals surface area contributed by atoms with Gasteiger partial charge in [-0.1, -0.05) is 49.4 Å². The molecule has 1 fully saturated rings. The van der Waals surface area contributed by atoms with Gasteiger partial charge in [-0.25, -0.2) is 13.2 Å². The number of aliphatic hydroxyl groups excluding tert-OH is 1. The number of ketones is 1. The summed E-state index contributed by atoms with van der Waals surface area (Å²) in [6.45, 7) is 1.92. The second kappa shape index (κ2) is 11.8. The molecule has 0 amide bonds. The zero-order chi connectivity index (χ0) is 29.1. The number of hydrogen-bond acceptors (Lipinski definition) is 8. The molecule has 41 heavy (non-hydrogen) atoms. The van der Waals surface area contributed by atoms with Crippen LogP contribution in [-0.2, 0) is 30.8 Å². The highest BCUT2D eigenvalue weighted by Crippen LogP contribution is 2.49. The number of hydrogen-bond donors (Lipinski definition) is 4. The van der Waals surface area contributed by atoms with E-state index in [2.05, 4.69) is 4.72 Å². The molecular formula is C31H32N2O7S. The van der Waals surface area contributed by atoms with Gasteiger partial charge in [-0.15, -0.1) is 0 Å². The Hall–Kier alpha value is -4.15. The first-order chi connectivity index (χ1) is 19.7. The van der Waals surface area contributed by atoms with E-state index in [1.807, 2.05) is 42.7 Å². The van der Waals surface area contributed by atoms with Gasteiger partial charge in [-0.05, 0) is 79.1 Å². The van der Waals surface area contributed by atoms with Crippen molar-refractivity contribution < 1.29 is 33.1 Å². The summed E-state index contributed by atoms with van der Waals surface area (Å²) in [6.07, 6.45) is 1.60. The molecule has 214 valence electrons. The van der Waals surface area contributed by atoms with E-state index in [9.17, 15) is 23.1 Å². The SMILES string of the molecule is CCC(Cc1ccccc1)C1OC(=O)C(C(c2cccc(NS(=O)(=O)c3ccc(NO)cc3)c2)C2CC2)=C(O)C1=O. The van der Waals surface area contributed by atoms with Gasteiger partial charge in [0.25, 0.3) is 10.0 Å². The van der Waals surface area contributed by atoms with Crippen molar-refractivity contribution in [2.24, 2.45) is 11.8 Å². The van der Waals surface area contributed by atoms with Crippen molar-refractivity contribution >= 4 is 33.2 Å². The van der Waals surface area contributed by atoms with Crippen molar-refractivity contribution in [3.63, 3.8) is 0 Å². The fraction of sp³-hybridized carbons (Fsp3) is 0.290. The smallest absolute Gasteiger partial charge is 0.339 e. The maximum absolute atomic E-state index is 13.4. The van der Waals surface area contributed by atoms with Crippen LogP contribution in [0.25, 0.3) is 0 Å². The summed E-state index contributed by atoms with van der Waals surface area (Å²) in [5.74, 6) is -2.82. The van der Waals surface area contributed by atoms with Gasteiger partial charge in [0.1, 0.15) is 0 Å². The Morgan fingerprint density at radius 3 is 2.29 bits per heavy atom. The standard InChI is InChI=1S/C31H32N2O7S/c1-2-20(17-19-7-4-3-5-8-19)30-29(35)28(34)27(31(36)40-30)26(21-11-12-21)22-9-6-10-24(18-22)33-41(38,39)25-15-13-23(32-37)14-16-25/h3-10,13-16,18,20-21,26,30,32-34,37H,2,11-12,17H2,1H3. The van der Waals surface area contributed by atoms with E-state index in [1.165, 1.54) is 24.3 Å². The lowest BCUT2D eigenvalue weighted by Gasteiger charge is -2.31. The molecule has 3 atom stereocenters. The average molecular weight is 577 g/mol. The third-order valence-corrected chi connectivity index (χ3v) is 9.09. The van der Waals surface area contributed by atoms with E-state index in [1.54, 1.807) is 24.3 Å². The Bertz CT molecular complexity index is 1570. The number of rotatable bonds is 11. The quantitative estimate of drug-likeness (QED) is 0.177. The van der Waals surface area contributed by atoms with Gasteiger partial charge in [0.2, 0.25) is 5.78 Å². The van der Waals surface area contributed by atoms with E-state index in [0.717, 1.165) is 18.4 Å². The number of carbonyl (C=O) groups is 2. The number of nitrogens with one attached hydrogen (secondary N) is 2.